The molecule has 2 aromatic carbocycles. The van der Waals surface area contributed by atoms with Gasteiger partial charge < -0.3 is 14.2 Å². The fourth-order valence-electron chi connectivity index (χ4n) is 3.05. The molecule has 1 N–H and O–H groups in total. The lowest BCUT2D eigenvalue weighted by Gasteiger charge is -2.10. The highest BCUT2D eigenvalue weighted by molar-refractivity contribution is 5.94. The number of pyridine rings is 1. The van der Waals surface area contributed by atoms with Crippen molar-refractivity contribution in [1.29, 1.82) is 0 Å². The average Bonchev–Trinajstić information content (AvgIpc) is 2.88. The van der Waals surface area contributed by atoms with Crippen molar-refractivity contribution in [2.75, 3.05) is 19.8 Å². The minimum absolute atomic E-state index is 0.289. The number of aromatic nitrogens is 1. The maximum absolute atomic E-state index is 11.9. The summed E-state index contributed by atoms with van der Waals surface area (Å²) in [7, 11) is 0. The highest BCUT2D eigenvalue weighted by Crippen LogP contribution is 2.18. The minimum Gasteiger partial charge on any atom is -0.494 e. The van der Waals surface area contributed by atoms with Crippen molar-refractivity contribution >= 4 is 12.1 Å². The third-order valence-electron chi connectivity index (χ3n) is 4.91. The molecule has 178 valence electrons. The van der Waals surface area contributed by atoms with Gasteiger partial charge in [0.1, 0.15) is 30.5 Å². The van der Waals surface area contributed by atoms with Crippen LogP contribution >= 0.6 is 0 Å². The van der Waals surface area contributed by atoms with E-state index in [1.165, 1.54) is 19.3 Å². The summed E-state index contributed by atoms with van der Waals surface area (Å²) in [5, 5.41) is 3.98. The lowest BCUT2D eigenvalue weighted by Crippen LogP contribution is -2.17. The largest absolute Gasteiger partial charge is 0.494 e. The Morgan fingerprint density at radius 3 is 1.94 bits per heavy atom. The van der Waals surface area contributed by atoms with Crippen molar-refractivity contribution in [2.24, 2.45) is 5.10 Å². The Morgan fingerprint density at radius 2 is 1.35 bits per heavy atom. The van der Waals surface area contributed by atoms with Gasteiger partial charge in [-0.05, 0) is 72.6 Å². The van der Waals surface area contributed by atoms with Crippen molar-refractivity contribution in [1.82, 2.24) is 10.4 Å². The maximum Gasteiger partial charge on any atom is 0.271 e. The zero-order valence-corrected chi connectivity index (χ0v) is 19.5. The monoisotopic (exact) mass is 461 g/mol. The van der Waals surface area contributed by atoms with E-state index >= 15 is 0 Å². The SMILES string of the molecule is CCCCCCOc1ccc(OCCOc2ccc(/C=N/NC(=O)c3ccncc3)cc2)cc1. The lowest BCUT2D eigenvalue weighted by atomic mass is 10.2. The fourth-order valence-corrected chi connectivity index (χ4v) is 3.05. The molecule has 1 heterocycles. The molecule has 0 bridgehead atoms. The van der Waals surface area contributed by atoms with Crippen LogP contribution in [0.15, 0.2) is 78.2 Å². The molecule has 1 amide bonds. The second-order valence-corrected chi connectivity index (χ2v) is 7.58. The first-order valence-corrected chi connectivity index (χ1v) is 11.6. The topological polar surface area (TPSA) is 82.0 Å². The molecule has 0 radical (unpaired) electrons. The van der Waals surface area contributed by atoms with E-state index in [9.17, 15) is 4.79 Å². The Labute approximate surface area is 200 Å². The zero-order chi connectivity index (χ0) is 23.8. The predicted octanol–water partition coefficient (Wildman–Crippen LogP) is 5.26. The first-order valence-electron chi connectivity index (χ1n) is 11.6. The number of ether oxygens (including phenoxy) is 3. The molecule has 0 saturated heterocycles. The molecule has 7 heteroatoms. The average molecular weight is 462 g/mol. The van der Waals surface area contributed by atoms with Crippen molar-refractivity contribution in [3.05, 3.63) is 84.2 Å². The Hall–Kier alpha value is -3.87. The highest BCUT2D eigenvalue weighted by Gasteiger charge is 2.02. The normalized spacial score (nSPS) is 10.7. The Bertz CT molecular complexity index is 1010. The van der Waals surface area contributed by atoms with Gasteiger partial charge in [-0.1, -0.05) is 26.2 Å². The number of unbranched alkanes of at least 4 members (excludes halogenated alkanes) is 3. The standard InChI is InChI=1S/C27H31N3O4/c1-2-3-4-5-18-32-25-10-12-26(13-11-25)34-20-19-33-24-8-6-22(7-9-24)21-29-30-27(31)23-14-16-28-17-15-23/h6-17,21H,2-5,18-20H2,1H3,(H,30,31)/b29-21+. The summed E-state index contributed by atoms with van der Waals surface area (Å²) in [6.07, 6.45) is 9.47. The smallest absolute Gasteiger partial charge is 0.271 e. The number of hydrogen-bond donors (Lipinski definition) is 1. The number of carbonyl (C=O) groups excluding carboxylic acids is 1. The van der Waals surface area contributed by atoms with E-state index < -0.39 is 0 Å². The van der Waals surface area contributed by atoms with Crippen molar-refractivity contribution in [2.45, 2.75) is 32.6 Å². The molecule has 1 aromatic heterocycles. The second-order valence-electron chi connectivity index (χ2n) is 7.58. The maximum atomic E-state index is 11.9. The molecule has 0 saturated carbocycles. The van der Waals surface area contributed by atoms with E-state index in [1.54, 1.807) is 30.7 Å². The first kappa shape index (κ1) is 24.8. The molecule has 0 atom stereocenters. The van der Waals surface area contributed by atoms with Gasteiger partial charge in [0.2, 0.25) is 0 Å². The van der Waals surface area contributed by atoms with Crippen LogP contribution in [-0.4, -0.2) is 36.9 Å². The number of nitrogens with zero attached hydrogens (tertiary/aromatic N) is 2. The number of hydrogen-bond acceptors (Lipinski definition) is 6. The molecule has 0 aliphatic carbocycles. The molecule has 0 aliphatic heterocycles. The summed E-state index contributed by atoms with van der Waals surface area (Å²) in [5.41, 5.74) is 3.83. The fraction of sp³-hybridized carbons (Fsp3) is 0.296. The summed E-state index contributed by atoms with van der Waals surface area (Å²) >= 11 is 0. The second kappa shape index (κ2) is 14.3. The molecule has 0 aliphatic rings. The number of amides is 1. The van der Waals surface area contributed by atoms with Crippen LogP contribution in [0, 0.1) is 0 Å². The number of hydrazone groups is 1. The van der Waals surface area contributed by atoms with E-state index in [4.69, 9.17) is 14.2 Å². The van der Waals surface area contributed by atoms with Gasteiger partial charge in [-0.3, -0.25) is 9.78 Å². The summed E-state index contributed by atoms with van der Waals surface area (Å²) < 4.78 is 17.2. The van der Waals surface area contributed by atoms with Crippen molar-refractivity contribution < 1.29 is 19.0 Å². The summed E-state index contributed by atoms with van der Waals surface area (Å²) in [5.74, 6) is 2.08. The molecule has 3 rings (SSSR count). The number of benzene rings is 2. The third kappa shape index (κ3) is 8.94. The van der Waals surface area contributed by atoms with Crippen molar-refractivity contribution in [3.63, 3.8) is 0 Å². The van der Waals surface area contributed by atoms with Crippen LogP contribution in [-0.2, 0) is 0 Å². The molecule has 7 nitrogen and oxygen atoms in total. The van der Waals surface area contributed by atoms with Crippen LogP contribution in [0.3, 0.4) is 0 Å². The van der Waals surface area contributed by atoms with Crippen LogP contribution in [0.5, 0.6) is 17.2 Å². The van der Waals surface area contributed by atoms with Gasteiger partial charge in [0.25, 0.3) is 5.91 Å². The van der Waals surface area contributed by atoms with Crippen LogP contribution in [0.1, 0.15) is 48.5 Å². The van der Waals surface area contributed by atoms with Gasteiger partial charge in [0.05, 0.1) is 12.8 Å². The molecule has 34 heavy (non-hydrogen) atoms. The molecular weight excluding hydrogens is 430 g/mol. The first-order chi connectivity index (χ1) is 16.7. The van der Waals surface area contributed by atoms with E-state index in [-0.39, 0.29) is 5.91 Å². The zero-order valence-electron chi connectivity index (χ0n) is 19.5. The van der Waals surface area contributed by atoms with Crippen molar-refractivity contribution in [3.8, 4) is 17.2 Å². The van der Waals surface area contributed by atoms with E-state index in [0.29, 0.717) is 18.8 Å². The minimum atomic E-state index is -0.289. The number of rotatable bonds is 14. The molecular formula is C27H31N3O4. The summed E-state index contributed by atoms with van der Waals surface area (Å²) in [4.78, 5) is 15.8. The number of nitrogens with one attached hydrogen (secondary N) is 1. The molecule has 3 aromatic rings. The van der Waals surface area contributed by atoms with Gasteiger partial charge in [-0.15, -0.1) is 0 Å². The Balaban J connectivity index is 1.32. The van der Waals surface area contributed by atoms with Crippen LogP contribution in [0.4, 0.5) is 0 Å². The molecule has 0 fully saturated rings. The highest BCUT2D eigenvalue weighted by atomic mass is 16.5. The van der Waals surface area contributed by atoms with E-state index in [1.807, 2.05) is 48.5 Å². The third-order valence-corrected chi connectivity index (χ3v) is 4.91. The number of carbonyl (C=O) groups is 1. The molecule has 0 unspecified atom stereocenters. The Kier molecular flexibility index (Phi) is 10.4. The van der Waals surface area contributed by atoms with Crippen LogP contribution in [0.2, 0.25) is 0 Å². The van der Waals surface area contributed by atoms with Gasteiger partial charge in [0, 0.05) is 18.0 Å². The van der Waals surface area contributed by atoms with Crippen LogP contribution in [0.25, 0.3) is 0 Å². The van der Waals surface area contributed by atoms with Gasteiger partial charge in [-0.25, -0.2) is 5.43 Å². The summed E-state index contributed by atoms with van der Waals surface area (Å²) in [6, 6.07) is 18.3. The molecule has 0 spiro atoms. The lowest BCUT2D eigenvalue weighted by molar-refractivity contribution is 0.0955. The van der Waals surface area contributed by atoms with Gasteiger partial charge >= 0.3 is 0 Å². The van der Waals surface area contributed by atoms with E-state index in [2.05, 4.69) is 22.4 Å². The van der Waals surface area contributed by atoms with E-state index in [0.717, 1.165) is 35.8 Å². The predicted molar refractivity (Wildman–Crippen MR) is 133 cm³/mol. The Morgan fingerprint density at radius 1 is 0.794 bits per heavy atom. The summed E-state index contributed by atoms with van der Waals surface area (Å²) in [6.45, 7) is 3.80. The van der Waals surface area contributed by atoms with Crippen LogP contribution < -0.4 is 19.6 Å². The quantitative estimate of drug-likeness (QED) is 0.201. The van der Waals surface area contributed by atoms with Gasteiger partial charge in [0.15, 0.2) is 0 Å². The van der Waals surface area contributed by atoms with Gasteiger partial charge in [-0.2, -0.15) is 5.10 Å².